The maximum absolute atomic E-state index is 6.76. The highest BCUT2D eigenvalue weighted by Gasteiger charge is 2.43. The summed E-state index contributed by atoms with van der Waals surface area (Å²) in [6, 6.07) is 0. The predicted octanol–water partition coefficient (Wildman–Crippen LogP) is 4.21. The molecule has 0 fully saturated rings. The van der Waals surface area contributed by atoms with Crippen LogP contribution in [-0.4, -0.2) is 439 Å². The van der Waals surface area contributed by atoms with Gasteiger partial charge in [-0.1, -0.05) is 0 Å². The zero-order valence-electron chi connectivity index (χ0n) is 65.8. The van der Waals surface area contributed by atoms with E-state index in [9.17, 15) is 0 Å². The molecule has 0 spiro atoms. The molecule has 0 bridgehead atoms. The lowest BCUT2D eigenvalue weighted by atomic mass is 10.7. The number of methoxy groups -OCH3 is 6. The van der Waals surface area contributed by atoms with Gasteiger partial charge in [0.2, 0.25) is 0 Å². The number of hydrogen-bond donors (Lipinski definition) is 0. The van der Waals surface area contributed by atoms with Crippen LogP contribution < -0.4 is 0 Å². The van der Waals surface area contributed by atoms with Gasteiger partial charge in [0.25, 0.3) is 0 Å². The van der Waals surface area contributed by atoms with Crippen LogP contribution in [0.2, 0.25) is 0 Å². The lowest BCUT2D eigenvalue weighted by Crippen LogP contribution is -2.16. The van der Waals surface area contributed by atoms with Crippen LogP contribution in [0.4, 0.5) is 0 Å². The molecular formula is C66H138N3O36P3. The zero-order valence-corrected chi connectivity index (χ0v) is 68.5. The largest absolute Gasteiger partial charge is 0.382 e. The molecule has 0 aromatic heterocycles. The second-order valence-electron chi connectivity index (χ2n) is 21.4. The van der Waals surface area contributed by atoms with E-state index in [1.165, 1.54) is 0 Å². The molecule has 42 heteroatoms. The summed E-state index contributed by atoms with van der Waals surface area (Å²) in [6.45, 7) is 18.2. The maximum Gasteiger partial charge on any atom is 0.349 e. The third kappa shape index (κ3) is 72.9. The first-order valence-electron chi connectivity index (χ1n) is 37.1. The molecule has 1 rings (SSSR count). The number of ether oxygens (including phenoxy) is 30. The SMILES string of the molecule is COCCOCCOCCOCCOCCOP1(OCCOCCOCCOCCOCCOC)=NP(OCCOCCOCCOCCOCCOC)(OCCOCCOCCOCCOCCOC)=NP(OCCOCCOCCOCCOCCOC)(OCCOCCOCCOCCOCCOC)=N1. The van der Waals surface area contributed by atoms with Crippen molar-refractivity contribution in [3.63, 3.8) is 0 Å². The van der Waals surface area contributed by atoms with E-state index < -0.39 is 23.0 Å². The van der Waals surface area contributed by atoms with Crippen LogP contribution in [0, 0.1) is 0 Å². The smallest absolute Gasteiger partial charge is 0.349 e. The molecule has 1 aliphatic rings. The second-order valence-corrected chi connectivity index (χ2v) is 28.0. The van der Waals surface area contributed by atoms with Gasteiger partial charge in [-0.05, 0) is 0 Å². The van der Waals surface area contributed by atoms with Crippen LogP contribution in [0.15, 0.2) is 13.5 Å². The Balaban J connectivity index is 3.69. The third-order valence-electron chi connectivity index (χ3n) is 12.9. The molecule has 0 unspecified atom stereocenters. The first-order valence-corrected chi connectivity index (χ1v) is 41.7. The summed E-state index contributed by atoms with van der Waals surface area (Å²) in [4.78, 5) is 0. The molecule has 1 aliphatic heterocycles. The lowest BCUT2D eigenvalue weighted by Gasteiger charge is -2.33. The monoisotopic (exact) mass is 1640 g/mol. The molecule has 0 radical (unpaired) electrons. The van der Waals surface area contributed by atoms with E-state index in [0.717, 1.165) is 0 Å². The molecule has 1 heterocycles. The molecule has 0 aromatic carbocycles. The summed E-state index contributed by atoms with van der Waals surface area (Å²) in [5, 5.41) is 0. The topological polar surface area (TPSA) is 369 Å². The normalized spacial score (nSPS) is 13.9. The molecule has 648 valence electrons. The van der Waals surface area contributed by atoms with Crippen molar-refractivity contribution < 1.29 is 169 Å². The van der Waals surface area contributed by atoms with E-state index >= 15 is 0 Å². The van der Waals surface area contributed by atoms with E-state index in [0.29, 0.717) is 238 Å². The number of rotatable bonds is 96. The van der Waals surface area contributed by atoms with Crippen LogP contribution in [0.5, 0.6) is 0 Å². The van der Waals surface area contributed by atoms with E-state index in [1.807, 2.05) is 0 Å². The average Bonchev–Trinajstić information content (AvgIpc) is 0.748. The van der Waals surface area contributed by atoms with Crippen molar-refractivity contribution >= 4 is 23.0 Å². The minimum Gasteiger partial charge on any atom is -0.382 e. The highest BCUT2D eigenvalue weighted by Crippen LogP contribution is 2.80. The van der Waals surface area contributed by atoms with Crippen LogP contribution in [0.1, 0.15) is 0 Å². The van der Waals surface area contributed by atoms with Crippen LogP contribution >= 0.6 is 23.0 Å². The Morgan fingerprint density at radius 2 is 0.185 bits per heavy atom. The van der Waals surface area contributed by atoms with Gasteiger partial charge in [-0.25, -0.2) is 0 Å². The fourth-order valence-corrected chi connectivity index (χ4v) is 17.0. The molecule has 0 amide bonds. The Morgan fingerprint density at radius 1 is 0.111 bits per heavy atom. The van der Waals surface area contributed by atoms with Crippen molar-refractivity contribution in [2.45, 2.75) is 0 Å². The summed E-state index contributed by atoms with van der Waals surface area (Å²) in [7, 11) is -2.40. The fraction of sp³-hybridized carbons (Fsp3) is 1.00. The van der Waals surface area contributed by atoms with Gasteiger partial charge in [-0.15, -0.1) is 13.5 Å². The predicted molar refractivity (Wildman–Crippen MR) is 395 cm³/mol. The summed E-state index contributed by atoms with van der Waals surface area (Å²) in [5.74, 6) is 0. The average molecular weight is 1640 g/mol. The molecule has 108 heavy (non-hydrogen) atoms. The Labute approximate surface area is 642 Å². The maximum atomic E-state index is 6.76. The Kier molecular flexibility index (Phi) is 84.9. The van der Waals surface area contributed by atoms with Gasteiger partial charge < -0.3 is 169 Å². The van der Waals surface area contributed by atoms with Crippen molar-refractivity contribution in [2.24, 2.45) is 13.5 Å². The molecular weight excluding hydrogens is 1500 g/mol. The quantitative estimate of drug-likeness (QED) is 0.0607. The summed E-state index contributed by atoms with van der Waals surface area (Å²) in [6.07, 6.45) is 0. The van der Waals surface area contributed by atoms with Crippen molar-refractivity contribution in [1.29, 1.82) is 0 Å². The van der Waals surface area contributed by atoms with Gasteiger partial charge in [-0.3, -0.25) is 0 Å². The molecule has 0 aromatic rings. The zero-order chi connectivity index (χ0) is 77.5. The first kappa shape index (κ1) is 105. The minimum atomic E-state index is -4.04. The van der Waals surface area contributed by atoms with Crippen molar-refractivity contribution in [3.8, 4) is 0 Å². The second kappa shape index (κ2) is 87.1. The van der Waals surface area contributed by atoms with Crippen LogP contribution in [0.3, 0.4) is 0 Å². The summed E-state index contributed by atoms with van der Waals surface area (Å²) >= 11 is 0. The van der Waals surface area contributed by atoms with E-state index in [1.54, 1.807) is 42.7 Å². The third-order valence-corrected chi connectivity index (χ3v) is 21.4. The molecule has 39 nitrogen and oxygen atoms in total. The summed E-state index contributed by atoms with van der Waals surface area (Å²) in [5.41, 5.74) is 0. The van der Waals surface area contributed by atoms with Gasteiger partial charge in [-0.2, -0.15) is 0 Å². The number of nitrogens with zero attached hydrogens (tertiary/aromatic N) is 3. The van der Waals surface area contributed by atoms with E-state index in [2.05, 4.69) is 0 Å². The molecule has 0 saturated carbocycles. The Hall–Kier alpha value is -0.750. The highest BCUT2D eigenvalue weighted by atomic mass is 31.3. The van der Waals surface area contributed by atoms with Gasteiger partial charge in [0.05, 0.1) is 396 Å². The fourth-order valence-electron chi connectivity index (χ4n) is 7.62. The van der Waals surface area contributed by atoms with E-state index in [4.69, 9.17) is 183 Å². The van der Waals surface area contributed by atoms with Gasteiger partial charge in [0.15, 0.2) is 0 Å². The van der Waals surface area contributed by atoms with Gasteiger partial charge in [0, 0.05) is 42.7 Å². The number of hydrogen-bond acceptors (Lipinski definition) is 39. The van der Waals surface area contributed by atoms with Crippen molar-refractivity contribution in [3.05, 3.63) is 0 Å². The lowest BCUT2D eigenvalue weighted by molar-refractivity contribution is -0.0118. The first-order chi connectivity index (χ1) is 53.5. The standard InChI is InChI=1S/C66H138N3O36P3/c1-70-7-13-76-19-25-82-31-37-88-43-49-94-55-61-100-106(101-62-56-95-50-44-89-38-32-83-26-20-77-14-8-71-2)67-107(102-63-57-96-51-45-90-39-33-84-27-21-78-15-9-72-3,103-64-58-97-52-46-91-40-34-85-28-22-79-16-10-73-4)69-108(68-106,104-65-59-98-53-47-92-41-35-86-29-23-80-17-11-74-5)105-66-60-99-54-48-93-42-36-87-30-24-81-18-12-75-6/h7-66H2,1-6H3. The van der Waals surface area contributed by atoms with Crippen LogP contribution in [0.25, 0.3) is 0 Å². The van der Waals surface area contributed by atoms with E-state index in [-0.39, 0.29) is 159 Å². The Bertz CT molecular complexity index is 1630. The Morgan fingerprint density at radius 3 is 0.269 bits per heavy atom. The highest BCUT2D eigenvalue weighted by molar-refractivity contribution is 7.78. The summed E-state index contributed by atoms with van der Waals surface area (Å²) < 4.78 is 224. The van der Waals surface area contributed by atoms with Crippen LogP contribution in [-0.2, 0) is 169 Å². The molecule has 0 saturated heterocycles. The van der Waals surface area contributed by atoms with Crippen molar-refractivity contribution in [2.75, 3.05) is 439 Å². The van der Waals surface area contributed by atoms with Crippen molar-refractivity contribution in [1.82, 2.24) is 0 Å². The molecule has 0 N–H and O–H groups in total. The minimum absolute atomic E-state index is 0.0536. The molecule has 0 atom stereocenters. The van der Waals surface area contributed by atoms with Gasteiger partial charge in [0.1, 0.15) is 0 Å². The van der Waals surface area contributed by atoms with Gasteiger partial charge >= 0.3 is 23.0 Å². The molecule has 0 aliphatic carbocycles.